The van der Waals surface area contributed by atoms with Crippen LogP contribution in [0.15, 0.2) is 18.2 Å². The molecule has 1 atom stereocenters. The van der Waals surface area contributed by atoms with Crippen LogP contribution in [-0.2, 0) is 0 Å². The summed E-state index contributed by atoms with van der Waals surface area (Å²) in [6.45, 7) is 1.92. The number of rotatable bonds is 2. The average Bonchev–Trinajstić information content (AvgIpc) is 2.14. The molecule has 68 valence electrons. The number of halogens is 1. The molecule has 1 rings (SSSR count). The van der Waals surface area contributed by atoms with E-state index in [4.69, 9.17) is 23.9 Å². The van der Waals surface area contributed by atoms with E-state index in [1.54, 1.807) is 0 Å². The Bertz CT molecular complexity index is 341. The molecule has 0 heterocycles. The lowest BCUT2D eigenvalue weighted by atomic mass is 10.0. The first-order valence-electron chi connectivity index (χ1n) is 3.88. The van der Waals surface area contributed by atoms with Crippen molar-refractivity contribution in [2.45, 2.75) is 13.0 Å². The van der Waals surface area contributed by atoms with Crippen LogP contribution in [0.3, 0.4) is 0 Å². The van der Waals surface area contributed by atoms with Crippen LogP contribution < -0.4 is 11.3 Å². The molecule has 2 nitrogen and oxygen atoms in total. The van der Waals surface area contributed by atoms with Crippen LogP contribution in [0.25, 0.3) is 0 Å². The van der Waals surface area contributed by atoms with Gasteiger partial charge in [-0.05, 0) is 24.1 Å². The topological polar surface area (TPSA) is 38.0 Å². The van der Waals surface area contributed by atoms with E-state index >= 15 is 0 Å². The Balaban J connectivity index is 3.15. The van der Waals surface area contributed by atoms with E-state index in [1.807, 2.05) is 25.1 Å². The van der Waals surface area contributed by atoms with Crippen molar-refractivity contribution in [2.24, 2.45) is 5.84 Å². The summed E-state index contributed by atoms with van der Waals surface area (Å²) in [5.41, 5.74) is 4.45. The zero-order valence-electron chi connectivity index (χ0n) is 7.34. The summed E-state index contributed by atoms with van der Waals surface area (Å²) < 4.78 is 0. The highest BCUT2D eigenvalue weighted by Crippen LogP contribution is 2.23. The maximum atomic E-state index is 5.93. The molecule has 3 N–H and O–H groups in total. The molecule has 0 aliphatic heterocycles. The van der Waals surface area contributed by atoms with Gasteiger partial charge in [0.2, 0.25) is 0 Å². The predicted molar refractivity (Wildman–Crippen MR) is 55.1 cm³/mol. The molecule has 0 aliphatic rings. The Morgan fingerprint density at radius 3 is 2.85 bits per heavy atom. The molecule has 0 spiro atoms. The third-order valence-electron chi connectivity index (χ3n) is 1.95. The quantitative estimate of drug-likeness (QED) is 0.428. The minimum atomic E-state index is -0.279. The van der Waals surface area contributed by atoms with Crippen LogP contribution in [0.1, 0.15) is 17.2 Å². The first-order valence-corrected chi connectivity index (χ1v) is 4.25. The van der Waals surface area contributed by atoms with Gasteiger partial charge >= 0.3 is 0 Å². The average molecular weight is 195 g/mol. The van der Waals surface area contributed by atoms with E-state index in [1.165, 1.54) is 0 Å². The highest BCUT2D eigenvalue weighted by atomic mass is 35.5. The van der Waals surface area contributed by atoms with Gasteiger partial charge < -0.3 is 0 Å². The molecule has 0 aliphatic carbocycles. The van der Waals surface area contributed by atoms with Crippen LogP contribution in [0.5, 0.6) is 0 Å². The molecular weight excluding hydrogens is 184 g/mol. The number of nitrogens with two attached hydrogens (primary N) is 1. The first kappa shape index (κ1) is 10.1. The van der Waals surface area contributed by atoms with Gasteiger partial charge in [0, 0.05) is 5.02 Å². The fourth-order valence-corrected chi connectivity index (χ4v) is 1.35. The summed E-state index contributed by atoms with van der Waals surface area (Å²) >= 11 is 5.93. The van der Waals surface area contributed by atoms with Crippen LogP contribution in [0.4, 0.5) is 0 Å². The molecular formula is C10H11ClN2. The molecule has 0 saturated heterocycles. The summed E-state index contributed by atoms with van der Waals surface area (Å²) in [4.78, 5) is 0. The van der Waals surface area contributed by atoms with Crippen molar-refractivity contribution in [2.75, 3.05) is 0 Å². The lowest BCUT2D eigenvalue weighted by Gasteiger charge is -2.13. The molecule has 0 bridgehead atoms. The minimum Gasteiger partial charge on any atom is -0.270 e. The molecule has 13 heavy (non-hydrogen) atoms. The predicted octanol–water partition coefficient (Wildman–Crippen LogP) is 1.79. The third-order valence-corrected chi connectivity index (χ3v) is 2.36. The third kappa shape index (κ3) is 2.02. The number of hydrogen-bond donors (Lipinski definition) is 2. The Labute approximate surface area is 83.1 Å². The van der Waals surface area contributed by atoms with Gasteiger partial charge in [0.25, 0.3) is 0 Å². The summed E-state index contributed by atoms with van der Waals surface area (Å²) in [6.07, 6.45) is 5.30. The molecule has 1 aromatic carbocycles. The van der Waals surface area contributed by atoms with Gasteiger partial charge in [0.1, 0.15) is 6.04 Å². The highest BCUT2D eigenvalue weighted by molar-refractivity contribution is 6.31. The molecule has 1 aromatic rings. The van der Waals surface area contributed by atoms with Gasteiger partial charge in [-0.25, -0.2) is 5.43 Å². The Kier molecular flexibility index (Phi) is 3.32. The lowest BCUT2D eigenvalue weighted by Crippen LogP contribution is -2.27. The van der Waals surface area contributed by atoms with E-state index in [0.717, 1.165) is 11.1 Å². The van der Waals surface area contributed by atoms with Crippen molar-refractivity contribution in [3.05, 3.63) is 34.3 Å². The van der Waals surface area contributed by atoms with Crippen molar-refractivity contribution in [3.8, 4) is 12.3 Å². The highest BCUT2D eigenvalue weighted by Gasteiger charge is 2.09. The number of hydrazine groups is 1. The van der Waals surface area contributed by atoms with Crippen molar-refractivity contribution in [1.82, 2.24) is 5.43 Å². The second kappa shape index (κ2) is 4.29. The van der Waals surface area contributed by atoms with Crippen molar-refractivity contribution in [3.63, 3.8) is 0 Å². The van der Waals surface area contributed by atoms with Crippen molar-refractivity contribution in [1.29, 1.82) is 0 Å². The Morgan fingerprint density at radius 1 is 1.62 bits per heavy atom. The maximum absolute atomic E-state index is 5.93. The monoisotopic (exact) mass is 194 g/mol. The van der Waals surface area contributed by atoms with E-state index < -0.39 is 0 Å². The van der Waals surface area contributed by atoms with E-state index in [-0.39, 0.29) is 6.04 Å². The fourth-order valence-electron chi connectivity index (χ4n) is 1.16. The molecule has 0 fully saturated rings. The Morgan fingerprint density at radius 2 is 2.31 bits per heavy atom. The fraction of sp³-hybridized carbons (Fsp3) is 0.200. The van der Waals surface area contributed by atoms with Crippen LogP contribution in [0, 0.1) is 19.3 Å². The van der Waals surface area contributed by atoms with Gasteiger partial charge in [-0.3, -0.25) is 5.84 Å². The van der Waals surface area contributed by atoms with Gasteiger partial charge in [0.15, 0.2) is 0 Å². The van der Waals surface area contributed by atoms with Gasteiger partial charge in [-0.1, -0.05) is 29.7 Å². The normalized spacial score (nSPS) is 12.2. The van der Waals surface area contributed by atoms with Crippen molar-refractivity contribution < 1.29 is 0 Å². The summed E-state index contributed by atoms with van der Waals surface area (Å²) in [5, 5.41) is 0.702. The molecule has 0 saturated carbocycles. The zero-order valence-corrected chi connectivity index (χ0v) is 8.10. The molecule has 3 heteroatoms. The minimum absolute atomic E-state index is 0.279. The molecule has 0 amide bonds. The standard InChI is InChI=1S/C10H11ClN2/c1-3-10(13-12)8-5-4-6-9(11)7(8)2/h1,4-6,10,13H,12H2,2H3. The van der Waals surface area contributed by atoms with Crippen LogP contribution >= 0.6 is 11.6 Å². The van der Waals surface area contributed by atoms with E-state index in [0.29, 0.717) is 5.02 Å². The number of hydrogen-bond acceptors (Lipinski definition) is 2. The summed E-state index contributed by atoms with van der Waals surface area (Å²) in [6, 6.07) is 5.31. The second-order valence-corrected chi connectivity index (χ2v) is 3.13. The van der Waals surface area contributed by atoms with Crippen molar-refractivity contribution >= 4 is 11.6 Å². The first-order chi connectivity index (χ1) is 6.20. The summed E-state index contributed by atoms with van der Waals surface area (Å²) in [5.74, 6) is 7.84. The number of benzene rings is 1. The number of terminal acetylenes is 1. The lowest BCUT2D eigenvalue weighted by molar-refractivity contribution is 0.670. The smallest absolute Gasteiger partial charge is 0.107 e. The van der Waals surface area contributed by atoms with E-state index in [2.05, 4.69) is 11.3 Å². The second-order valence-electron chi connectivity index (χ2n) is 2.72. The van der Waals surface area contributed by atoms with Crippen LogP contribution in [-0.4, -0.2) is 0 Å². The summed E-state index contributed by atoms with van der Waals surface area (Å²) in [7, 11) is 0. The van der Waals surface area contributed by atoms with E-state index in [9.17, 15) is 0 Å². The largest absolute Gasteiger partial charge is 0.270 e. The Hall–Kier alpha value is -1.01. The van der Waals surface area contributed by atoms with Crippen LogP contribution in [0.2, 0.25) is 5.02 Å². The van der Waals surface area contributed by atoms with Gasteiger partial charge in [-0.15, -0.1) is 6.42 Å². The zero-order chi connectivity index (χ0) is 9.84. The molecule has 0 aromatic heterocycles. The molecule has 1 unspecified atom stereocenters. The maximum Gasteiger partial charge on any atom is 0.107 e. The molecule has 0 radical (unpaired) electrons. The SMILES string of the molecule is C#CC(NN)c1cccc(Cl)c1C. The number of nitrogens with one attached hydrogen (secondary N) is 1. The van der Waals surface area contributed by atoms with Gasteiger partial charge in [-0.2, -0.15) is 0 Å². The van der Waals surface area contributed by atoms with Gasteiger partial charge in [0.05, 0.1) is 0 Å².